The molecule has 0 spiro atoms. The van der Waals surface area contributed by atoms with E-state index in [-0.39, 0.29) is 22.5 Å². The zero-order valence-electron chi connectivity index (χ0n) is 13.9. The summed E-state index contributed by atoms with van der Waals surface area (Å²) in [6.07, 6.45) is 2.54. The molecule has 130 valence electrons. The van der Waals surface area contributed by atoms with Crippen molar-refractivity contribution in [3.63, 3.8) is 0 Å². The molecule has 24 heavy (non-hydrogen) atoms. The lowest BCUT2D eigenvalue weighted by Gasteiger charge is -2.13. The minimum Gasteiger partial charge on any atom is -0.443 e. The van der Waals surface area contributed by atoms with Gasteiger partial charge in [0, 0.05) is 11.7 Å². The predicted molar refractivity (Wildman–Crippen MR) is 88.7 cm³/mol. The van der Waals surface area contributed by atoms with Crippen molar-refractivity contribution >= 4 is 21.2 Å². The average molecular weight is 353 g/mol. The Morgan fingerprint density at radius 3 is 2.50 bits per heavy atom. The topological polar surface area (TPSA) is 115 Å². The minimum atomic E-state index is -3.72. The fourth-order valence-corrected chi connectivity index (χ4v) is 2.92. The van der Waals surface area contributed by atoms with Crippen LogP contribution in [0.5, 0.6) is 0 Å². The van der Waals surface area contributed by atoms with E-state index >= 15 is 0 Å². The largest absolute Gasteiger partial charge is 0.443 e. The highest BCUT2D eigenvalue weighted by atomic mass is 32.2. The maximum Gasteiger partial charge on any atom is 0.310 e. The average Bonchev–Trinajstić information content (AvgIpc) is 2.92. The fraction of sp³-hybridized carbons (Fsp3) is 0.400. The summed E-state index contributed by atoms with van der Waals surface area (Å²) in [5, 5.41) is 14.1. The summed E-state index contributed by atoms with van der Waals surface area (Å²) in [6.45, 7) is 6.03. The molecule has 0 fully saturated rings. The van der Waals surface area contributed by atoms with Crippen molar-refractivity contribution in [2.75, 3.05) is 11.6 Å². The number of nitro groups is 1. The smallest absolute Gasteiger partial charge is 0.310 e. The maximum absolute atomic E-state index is 11.7. The van der Waals surface area contributed by atoms with Gasteiger partial charge in [0.05, 0.1) is 17.7 Å². The van der Waals surface area contributed by atoms with Crippen LogP contribution in [-0.4, -0.2) is 24.6 Å². The van der Waals surface area contributed by atoms with Gasteiger partial charge in [-0.25, -0.2) is 13.4 Å². The monoisotopic (exact) mass is 353 g/mol. The summed E-state index contributed by atoms with van der Waals surface area (Å²) in [4.78, 5) is 14.4. The summed E-state index contributed by atoms with van der Waals surface area (Å²) < 4.78 is 29.1. The van der Waals surface area contributed by atoms with Gasteiger partial charge in [-0.1, -0.05) is 26.8 Å². The molecule has 1 aromatic heterocycles. The van der Waals surface area contributed by atoms with E-state index in [9.17, 15) is 18.5 Å². The molecule has 9 heteroatoms. The van der Waals surface area contributed by atoms with Gasteiger partial charge in [0.2, 0.25) is 5.89 Å². The molecule has 1 aromatic carbocycles. The molecule has 0 atom stereocenters. The summed E-state index contributed by atoms with van der Waals surface area (Å²) in [7, 11) is -3.72. The molecule has 2 aromatic rings. The van der Waals surface area contributed by atoms with E-state index in [1.807, 2.05) is 20.8 Å². The Morgan fingerprint density at radius 1 is 1.33 bits per heavy atom. The molecule has 1 N–H and O–H groups in total. The summed E-state index contributed by atoms with van der Waals surface area (Å²) in [6, 6.07) is 4.10. The van der Waals surface area contributed by atoms with Gasteiger partial charge < -0.3 is 9.73 Å². The zero-order chi connectivity index (χ0) is 18.1. The van der Waals surface area contributed by atoms with Crippen molar-refractivity contribution in [2.45, 2.75) is 37.6 Å². The van der Waals surface area contributed by atoms with Gasteiger partial charge >= 0.3 is 5.69 Å². The first-order valence-corrected chi connectivity index (χ1v) is 9.06. The molecule has 0 aliphatic heterocycles. The molecule has 0 radical (unpaired) electrons. The number of sulfone groups is 1. The number of rotatable bonds is 5. The first-order valence-electron chi connectivity index (χ1n) is 7.16. The van der Waals surface area contributed by atoms with Gasteiger partial charge in [-0.15, -0.1) is 0 Å². The molecule has 0 unspecified atom stereocenters. The zero-order valence-corrected chi connectivity index (χ0v) is 14.7. The molecule has 0 aliphatic carbocycles. The van der Waals surface area contributed by atoms with Crippen LogP contribution in [0.4, 0.5) is 11.4 Å². The Hall–Kier alpha value is -2.42. The van der Waals surface area contributed by atoms with Crippen LogP contribution in [0.25, 0.3) is 0 Å². The lowest BCUT2D eigenvalue weighted by Crippen LogP contribution is -2.09. The molecule has 0 bridgehead atoms. The second-order valence-electron chi connectivity index (χ2n) is 6.40. The summed E-state index contributed by atoms with van der Waals surface area (Å²) >= 11 is 0. The van der Waals surface area contributed by atoms with Crippen LogP contribution in [0.2, 0.25) is 0 Å². The van der Waals surface area contributed by atoms with Crippen LogP contribution < -0.4 is 5.32 Å². The van der Waals surface area contributed by atoms with Crippen LogP contribution in [0.3, 0.4) is 0 Å². The quantitative estimate of drug-likeness (QED) is 0.649. The van der Waals surface area contributed by atoms with E-state index in [0.29, 0.717) is 11.7 Å². The molecule has 0 amide bonds. The van der Waals surface area contributed by atoms with Gasteiger partial charge in [0.25, 0.3) is 0 Å². The van der Waals surface area contributed by atoms with Gasteiger partial charge in [-0.2, -0.15) is 0 Å². The van der Waals surface area contributed by atoms with Crippen molar-refractivity contribution < 1.29 is 17.8 Å². The SMILES string of the molecule is CC(C)(C)c1cnc(CNc2cccc(S(C)(=O)=O)c2[N+](=O)[O-])o1. The summed E-state index contributed by atoms with van der Waals surface area (Å²) in [5.74, 6) is 1.05. The van der Waals surface area contributed by atoms with Crippen LogP contribution in [0.1, 0.15) is 32.4 Å². The van der Waals surface area contributed by atoms with Crippen molar-refractivity contribution in [2.24, 2.45) is 0 Å². The second kappa shape index (κ2) is 6.23. The molecule has 0 saturated carbocycles. The van der Waals surface area contributed by atoms with E-state index in [2.05, 4.69) is 10.3 Å². The van der Waals surface area contributed by atoms with Gasteiger partial charge in [-0.05, 0) is 12.1 Å². The highest BCUT2D eigenvalue weighted by Crippen LogP contribution is 2.32. The summed E-state index contributed by atoms with van der Waals surface area (Å²) in [5.41, 5.74) is -0.589. The van der Waals surface area contributed by atoms with Crippen LogP contribution in [0, 0.1) is 10.1 Å². The number of nitro benzene ring substituents is 1. The molecular formula is C15H19N3O5S. The maximum atomic E-state index is 11.7. The number of aromatic nitrogens is 1. The fourth-order valence-electron chi connectivity index (χ4n) is 2.06. The predicted octanol–water partition coefficient (Wildman–Crippen LogP) is 2.90. The molecule has 2 rings (SSSR count). The Kier molecular flexibility index (Phi) is 4.66. The molecule has 8 nitrogen and oxygen atoms in total. The van der Waals surface area contributed by atoms with Crippen LogP contribution >= 0.6 is 0 Å². The number of benzene rings is 1. The molecule has 1 heterocycles. The van der Waals surface area contributed by atoms with Gasteiger partial charge in [-0.3, -0.25) is 10.1 Å². The third-order valence-corrected chi connectivity index (χ3v) is 4.43. The highest BCUT2D eigenvalue weighted by molar-refractivity contribution is 7.90. The van der Waals surface area contributed by atoms with Crippen LogP contribution in [0.15, 0.2) is 33.7 Å². The Bertz CT molecular complexity index is 865. The first kappa shape index (κ1) is 17.9. The first-order chi connectivity index (χ1) is 11.0. The Morgan fingerprint density at radius 2 is 2.00 bits per heavy atom. The normalized spacial score (nSPS) is 12.2. The van der Waals surface area contributed by atoms with E-state index in [4.69, 9.17) is 4.42 Å². The van der Waals surface area contributed by atoms with Crippen LogP contribution in [-0.2, 0) is 21.8 Å². The second-order valence-corrected chi connectivity index (χ2v) is 8.39. The third kappa shape index (κ3) is 3.91. The highest BCUT2D eigenvalue weighted by Gasteiger charge is 2.26. The van der Waals surface area contributed by atoms with Gasteiger partial charge in [0.1, 0.15) is 16.3 Å². The molecule has 0 aliphatic rings. The van der Waals surface area contributed by atoms with E-state index in [0.717, 1.165) is 6.26 Å². The number of oxazole rings is 1. The van der Waals surface area contributed by atoms with E-state index in [1.54, 1.807) is 6.20 Å². The van der Waals surface area contributed by atoms with Crippen molar-refractivity contribution in [3.05, 3.63) is 46.2 Å². The number of hydrogen-bond acceptors (Lipinski definition) is 7. The Labute approximate surface area is 140 Å². The number of para-hydroxylation sites is 1. The van der Waals surface area contributed by atoms with E-state index in [1.165, 1.54) is 18.2 Å². The van der Waals surface area contributed by atoms with Crippen molar-refractivity contribution in [3.8, 4) is 0 Å². The molecular weight excluding hydrogens is 334 g/mol. The lowest BCUT2D eigenvalue weighted by atomic mass is 9.94. The third-order valence-electron chi connectivity index (χ3n) is 3.30. The van der Waals surface area contributed by atoms with E-state index < -0.39 is 20.4 Å². The van der Waals surface area contributed by atoms with Gasteiger partial charge in [0.15, 0.2) is 9.84 Å². The molecule has 0 saturated heterocycles. The van der Waals surface area contributed by atoms with Crippen molar-refractivity contribution in [1.82, 2.24) is 4.98 Å². The number of nitrogens with zero attached hydrogens (tertiary/aromatic N) is 2. The number of nitrogens with one attached hydrogen (secondary N) is 1. The lowest BCUT2D eigenvalue weighted by molar-refractivity contribution is -0.386. The number of anilines is 1. The standard InChI is InChI=1S/C15H19N3O5S/c1-15(2,3)12-8-17-13(23-12)9-16-10-6-5-7-11(24(4,21)22)14(10)18(19)20/h5-8,16H,9H2,1-4H3. The number of hydrogen-bond donors (Lipinski definition) is 1. The Balaban J connectivity index is 2.31. The van der Waals surface area contributed by atoms with Crippen molar-refractivity contribution in [1.29, 1.82) is 0 Å². The minimum absolute atomic E-state index is 0.0958.